The molecule has 0 aliphatic heterocycles. The number of para-hydroxylation sites is 1. The van der Waals surface area contributed by atoms with Gasteiger partial charge in [0, 0.05) is 13.1 Å². The molecule has 0 aromatic heterocycles. The Morgan fingerprint density at radius 3 is 2.56 bits per heavy atom. The fraction of sp³-hybridized carbons (Fsp3) is 0.417. The molecule has 0 aliphatic carbocycles. The molecule has 0 bridgehead atoms. The van der Waals surface area contributed by atoms with Crippen molar-refractivity contribution in [1.82, 2.24) is 0 Å². The van der Waals surface area contributed by atoms with E-state index in [0.29, 0.717) is 11.3 Å². The largest absolute Gasteiger partial charge is 0.397 e. The highest BCUT2D eigenvalue weighted by atomic mass is 16.1. The topological polar surface area (TPSA) is 72.3 Å². The summed E-state index contributed by atoms with van der Waals surface area (Å²) in [6.07, 6.45) is 1.00. The number of anilines is 2. The number of carbonyl (C=O) groups excluding carboxylic acids is 1. The lowest BCUT2D eigenvalue weighted by Gasteiger charge is -2.25. The Balaban J connectivity index is 3.22. The highest BCUT2D eigenvalue weighted by Crippen LogP contribution is 2.27. The molecule has 88 valence electrons. The van der Waals surface area contributed by atoms with Gasteiger partial charge in [-0.25, -0.2) is 0 Å². The standard InChI is InChI=1S/C12H19N3O/c1-3-8-15(4-2)11-9(12(14)16)6-5-7-10(11)13/h5-7H,3-4,8,13H2,1-2H3,(H2,14,16). The maximum Gasteiger partial charge on any atom is 0.250 e. The van der Waals surface area contributed by atoms with Gasteiger partial charge in [-0.15, -0.1) is 0 Å². The number of amides is 1. The van der Waals surface area contributed by atoms with Crippen molar-refractivity contribution < 1.29 is 4.79 Å². The summed E-state index contributed by atoms with van der Waals surface area (Å²) in [5.41, 5.74) is 13.1. The van der Waals surface area contributed by atoms with Crippen molar-refractivity contribution in [2.24, 2.45) is 5.73 Å². The lowest BCUT2D eigenvalue weighted by atomic mass is 10.1. The predicted octanol–water partition coefficient (Wildman–Crippen LogP) is 1.60. The Labute approximate surface area is 96.2 Å². The van der Waals surface area contributed by atoms with Gasteiger partial charge in [0.15, 0.2) is 0 Å². The minimum atomic E-state index is -0.433. The lowest BCUT2D eigenvalue weighted by molar-refractivity contribution is 0.100. The molecule has 0 spiro atoms. The molecule has 0 saturated carbocycles. The highest BCUT2D eigenvalue weighted by Gasteiger charge is 2.15. The molecule has 4 heteroatoms. The summed E-state index contributed by atoms with van der Waals surface area (Å²) in [6.45, 7) is 5.80. The zero-order chi connectivity index (χ0) is 12.1. The number of benzene rings is 1. The van der Waals surface area contributed by atoms with Crippen molar-refractivity contribution in [3.63, 3.8) is 0 Å². The number of hydrogen-bond donors (Lipinski definition) is 2. The summed E-state index contributed by atoms with van der Waals surface area (Å²) in [5.74, 6) is -0.433. The molecule has 1 aromatic rings. The molecular formula is C12H19N3O. The number of nitrogen functional groups attached to an aromatic ring is 1. The molecule has 0 saturated heterocycles. The van der Waals surface area contributed by atoms with E-state index in [0.717, 1.165) is 25.2 Å². The lowest BCUT2D eigenvalue weighted by Crippen LogP contribution is -2.28. The summed E-state index contributed by atoms with van der Waals surface area (Å²) >= 11 is 0. The van der Waals surface area contributed by atoms with Crippen molar-refractivity contribution in [2.75, 3.05) is 23.7 Å². The van der Waals surface area contributed by atoms with E-state index in [2.05, 4.69) is 11.8 Å². The van der Waals surface area contributed by atoms with Crippen LogP contribution in [0.25, 0.3) is 0 Å². The minimum Gasteiger partial charge on any atom is -0.397 e. The van der Waals surface area contributed by atoms with E-state index < -0.39 is 5.91 Å². The molecule has 0 radical (unpaired) electrons. The van der Waals surface area contributed by atoms with Crippen LogP contribution in [0.15, 0.2) is 18.2 Å². The van der Waals surface area contributed by atoms with Crippen molar-refractivity contribution in [3.05, 3.63) is 23.8 Å². The number of hydrogen-bond acceptors (Lipinski definition) is 3. The van der Waals surface area contributed by atoms with Gasteiger partial charge in [-0.05, 0) is 25.5 Å². The average molecular weight is 221 g/mol. The molecule has 16 heavy (non-hydrogen) atoms. The smallest absolute Gasteiger partial charge is 0.250 e. The van der Waals surface area contributed by atoms with Crippen molar-refractivity contribution in [1.29, 1.82) is 0 Å². The second-order valence-electron chi connectivity index (χ2n) is 3.69. The van der Waals surface area contributed by atoms with Gasteiger partial charge in [-0.2, -0.15) is 0 Å². The van der Waals surface area contributed by atoms with Gasteiger partial charge in [0.25, 0.3) is 5.91 Å². The second kappa shape index (κ2) is 5.39. The zero-order valence-corrected chi connectivity index (χ0v) is 9.86. The average Bonchev–Trinajstić information content (AvgIpc) is 2.26. The van der Waals surface area contributed by atoms with Gasteiger partial charge in [-0.1, -0.05) is 13.0 Å². The molecule has 1 amide bonds. The fourth-order valence-electron chi connectivity index (χ4n) is 1.81. The van der Waals surface area contributed by atoms with Crippen LogP contribution in [-0.4, -0.2) is 19.0 Å². The monoisotopic (exact) mass is 221 g/mol. The molecule has 0 heterocycles. The SMILES string of the molecule is CCCN(CC)c1c(N)cccc1C(N)=O. The van der Waals surface area contributed by atoms with Crippen molar-refractivity contribution in [3.8, 4) is 0 Å². The van der Waals surface area contributed by atoms with Gasteiger partial charge in [-0.3, -0.25) is 4.79 Å². The minimum absolute atomic E-state index is 0.433. The molecule has 0 fully saturated rings. The maximum atomic E-state index is 11.3. The maximum absolute atomic E-state index is 11.3. The second-order valence-corrected chi connectivity index (χ2v) is 3.69. The van der Waals surface area contributed by atoms with E-state index in [1.54, 1.807) is 18.2 Å². The Bertz CT molecular complexity index is 377. The van der Waals surface area contributed by atoms with E-state index in [-0.39, 0.29) is 0 Å². The Kier molecular flexibility index (Phi) is 4.17. The number of nitrogens with zero attached hydrogens (tertiary/aromatic N) is 1. The third-order valence-corrected chi connectivity index (χ3v) is 2.52. The molecular weight excluding hydrogens is 202 g/mol. The van der Waals surface area contributed by atoms with Crippen LogP contribution >= 0.6 is 0 Å². The van der Waals surface area contributed by atoms with Crippen molar-refractivity contribution in [2.45, 2.75) is 20.3 Å². The normalized spacial score (nSPS) is 10.1. The Hall–Kier alpha value is -1.71. The first-order valence-electron chi connectivity index (χ1n) is 5.55. The quantitative estimate of drug-likeness (QED) is 0.742. The third kappa shape index (κ3) is 2.45. The van der Waals surface area contributed by atoms with Gasteiger partial charge in [0.05, 0.1) is 16.9 Å². The van der Waals surface area contributed by atoms with E-state index in [9.17, 15) is 4.79 Å². The van der Waals surface area contributed by atoms with Crippen LogP contribution in [0.1, 0.15) is 30.6 Å². The van der Waals surface area contributed by atoms with Gasteiger partial charge < -0.3 is 16.4 Å². The number of primary amides is 1. The van der Waals surface area contributed by atoms with Crippen LogP contribution in [0.4, 0.5) is 11.4 Å². The highest BCUT2D eigenvalue weighted by molar-refractivity contribution is 6.01. The van der Waals surface area contributed by atoms with Gasteiger partial charge in [0.2, 0.25) is 0 Å². The summed E-state index contributed by atoms with van der Waals surface area (Å²) in [5, 5.41) is 0. The van der Waals surface area contributed by atoms with Crippen LogP contribution in [-0.2, 0) is 0 Å². The Morgan fingerprint density at radius 1 is 1.38 bits per heavy atom. The summed E-state index contributed by atoms with van der Waals surface area (Å²) < 4.78 is 0. The summed E-state index contributed by atoms with van der Waals surface area (Å²) in [7, 11) is 0. The molecule has 4 nitrogen and oxygen atoms in total. The number of carbonyl (C=O) groups is 1. The van der Waals surface area contributed by atoms with Crippen LogP contribution in [0.3, 0.4) is 0 Å². The molecule has 1 rings (SSSR count). The van der Waals surface area contributed by atoms with Gasteiger partial charge >= 0.3 is 0 Å². The molecule has 4 N–H and O–H groups in total. The van der Waals surface area contributed by atoms with Crippen LogP contribution in [0.2, 0.25) is 0 Å². The summed E-state index contributed by atoms with van der Waals surface area (Å²) in [6, 6.07) is 5.26. The zero-order valence-electron chi connectivity index (χ0n) is 9.86. The van der Waals surface area contributed by atoms with Crippen LogP contribution < -0.4 is 16.4 Å². The van der Waals surface area contributed by atoms with E-state index >= 15 is 0 Å². The Morgan fingerprint density at radius 2 is 2.06 bits per heavy atom. The predicted molar refractivity (Wildman–Crippen MR) is 67.6 cm³/mol. The molecule has 0 atom stereocenters. The molecule has 0 unspecified atom stereocenters. The van der Waals surface area contributed by atoms with Crippen molar-refractivity contribution >= 4 is 17.3 Å². The first-order valence-corrected chi connectivity index (χ1v) is 5.55. The van der Waals surface area contributed by atoms with Gasteiger partial charge in [0.1, 0.15) is 0 Å². The molecule has 1 aromatic carbocycles. The third-order valence-electron chi connectivity index (χ3n) is 2.52. The van der Waals surface area contributed by atoms with Crippen LogP contribution in [0.5, 0.6) is 0 Å². The fourth-order valence-corrected chi connectivity index (χ4v) is 1.81. The van der Waals surface area contributed by atoms with E-state index in [1.165, 1.54) is 0 Å². The van der Waals surface area contributed by atoms with E-state index in [4.69, 9.17) is 11.5 Å². The number of rotatable bonds is 5. The summed E-state index contributed by atoms with van der Waals surface area (Å²) in [4.78, 5) is 13.4. The van der Waals surface area contributed by atoms with Crippen LogP contribution in [0, 0.1) is 0 Å². The molecule has 0 aliphatic rings. The number of nitrogens with two attached hydrogens (primary N) is 2. The first-order chi connectivity index (χ1) is 7.61. The van der Waals surface area contributed by atoms with E-state index in [1.807, 2.05) is 6.92 Å². The first kappa shape index (κ1) is 12.4.